The van der Waals surface area contributed by atoms with Gasteiger partial charge in [0.05, 0.1) is 18.8 Å². The number of hydrogen-bond acceptors (Lipinski definition) is 4. The number of ether oxygens (including phenoxy) is 1. The van der Waals surface area contributed by atoms with Gasteiger partial charge in [-0.05, 0) is 11.6 Å². The average molecular weight is 248 g/mol. The van der Waals surface area contributed by atoms with Crippen LogP contribution in [0.2, 0.25) is 5.28 Å². The first-order valence-electron chi connectivity index (χ1n) is 4.85. The molecular formula is C9H8ClF2N3O. The maximum absolute atomic E-state index is 13.3. The smallest absolute Gasteiger partial charge is 0.267 e. The molecule has 7 heteroatoms. The zero-order valence-electron chi connectivity index (χ0n) is 8.16. The summed E-state index contributed by atoms with van der Waals surface area (Å²) < 4.78 is 31.9. The molecule has 0 N–H and O–H groups in total. The van der Waals surface area contributed by atoms with Crippen LogP contribution in [-0.4, -0.2) is 35.1 Å². The van der Waals surface area contributed by atoms with E-state index in [1.807, 2.05) is 0 Å². The molecule has 1 saturated heterocycles. The third kappa shape index (κ3) is 1.48. The molecule has 2 aliphatic rings. The zero-order chi connectivity index (χ0) is 11.3. The van der Waals surface area contributed by atoms with Crippen molar-refractivity contribution in [1.29, 1.82) is 0 Å². The molecule has 1 fully saturated rings. The summed E-state index contributed by atoms with van der Waals surface area (Å²) in [6.07, 6.45) is 1.21. The van der Waals surface area contributed by atoms with Crippen molar-refractivity contribution in [3.05, 3.63) is 11.5 Å². The van der Waals surface area contributed by atoms with Gasteiger partial charge in [-0.3, -0.25) is 0 Å². The van der Waals surface area contributed by atoms with Crippen LogP contribution in [-0.2, 0) is 0 Å². The topological polar surface area (TPSA) is 38.3 Å². The fraction of sp³-hybridized carbons (Fsp3) is 0.556. The third-order valence-corrected chi connectivity index (χ3v) is 2.97. The second-order valence-electron chi connectivity index (χ2n) is 3.98. The minimum Gasteiger partial charge on any atom is -0.486 e. The normalized spacial score (nSPS) is 25.9. The van der Waals surface area contributed by atoms with Crippen molar-refractivity contribution in [2.75, 3.05) is 18.1 Å². The highest BCUT2D eigenvalue weighted by Gasteiger charge is 2.48. The van der Waals surface area contributed by atoms with Gasteiger partial charge in [-0.2, -0.15) is 4.98 Å². The molecule has 1 aromatic rings. The Bertz CT molecular complexity index is 443. The molecule has 0 spiro atoms. The number of aromatic nitrogens is 2. The lowest BCUT2D eigenvalue weighted by atomic mass is 10.2. The summed E-state index contributed by atoms with van der Waals surface area (Å²) in [7, 11) is 0. The first-order valence-corrected chi connectivity index (χ1v) is 5.23. The van der Waals surface area contributed by atoms with Crippen LogP contribution in [0.15, 0.2) is 6.20 Å². The quantitative estimate of drug-likeness (QED) is 0.655. The number of fused-ring (bicyclic) bond motifs is 3. The van der Waals surface area contributed by atoms with Crippen molar-refractivity contribution in [1.82, 2.24) is 9.97 Å². The summed E-state index contributed by atoms with van der Waals surface area (Å²) >= 11 is 5.65. The second kappa shape index (κ2) is 3.16. The number of rotatable bonds is 0. The van der Waals surface area contributed by atoms with Gasteiger partial charge in [0, 0.05) is 6.42 Å². The molecule has 1 aromatic heterocycles. The van der Waals surface area contributed by atoms with Crippen molar-refractivity contribution >= 4 is 17.4 Å². The van der Waals surface area contributed by atoms with Crippen molar-refractivity contribution in [2.24, 2.45) is 0 Å². The van der Waals surface area contributed by atoms with E-state index in [1.54, 1.807) is 4.90 Å². The molecule has 0 saturated carbocycles. The molecule has 0 aliphatic carbocycles. The Labute approximate surface area is 95.2 Å². The Morgan fingerprint density at radius 1 is 1.56 bits per heavy atom. The van der Waals surface area contributed by atoms with Gasteiger partial charge in [0.2, 0.25) is 5.28 Å². The minimum atomic E-state index is -2.69. The predicted octanol–water partition coefficient (Wildman–Crippen LogP) is 1.74. The van der Waals surface area contributed by atoms with Gasteiger partial charge in [0.15, 0.2) is 11.6 Å². The SMILES string of the molecule is FC1(F)CC2COc3cnc(Cl)nc3N2C1. The first kappa shape index (κ1) is 10.0. The molecule has 1 atom stereocenters. The molecule has 0 bridgehead atoms. The van der Waals surface area contributed by atoms with E-state index >= 15 is 0 Å². The summed E-state index contributed by atoms with van der Waals surface area (Å²) in [6, 6.07) is -0.325. The zero-order valence-corrected chi connectivity index (χ0v) is 8.92. The van der Waals surface area contributed by atoms with Gasteiger partial charge >= 0.3 is 0 Å². The Morgan fingerprint density at radius 3 is 3.19 bits per heavy atom. The third-order valence-electron chi connectivity index (χ3n) is 2.79. The Hall–Kier alpha value is -1.17. The maximum atomic E-state index is 13.3. The van der Waals surface area contributed by atoms with E-state index < -0.39 is 5.92 Å². The molecule has 16 heavy (non-hydrogen) atoms. The maximum Gasteiger partial charge on any atom is 0.267 e. The lowest BCUT2D eigenvalue weighted by Crippen LogP contribution is -2.39. The van der Waals surface area contributed by atoms with Gasteiger partial charge in [-0.1, -0.05) is 0 Å². The number of nitrogens with zero attached hydrogens (tertiary/aromatic N) is 3. The van der Waals surface area contributed by atoms with Crippen LogP contribution in [0.5, 0.6) is 5.75 Å². The van der Waals surface area contributed by atoms with E-state index in [4.69, 9.17) is 16.3 Å². The van der Waals surface area contributed by atoms with Crippen LogP contribution in [0, 0.1) is 0 Å². The van der Waals surface area contributed by atoms with Gasteiger partial charge in [-0.15, -0.1) is 0 Å². The predicted molar refractivity (Wildman–Crippen MR) is 53.2 cm³/mol. The number of anilines is 1. The molecule has 4 nitrogen and oxygen atoms in total. The Kier molecular flexibility index (Phi) is 1.98. The van der Waals surface area contributed by atoms with Gasteiger partial charge in [0.1, 0.15) is 6.61 Å². The van der Waals surface area contributed by atoms with Gasteiger partial charge < -0.3 is 9.64 Å². The van der Waals surface area contributed by atoms with Crippen LogP contribution in [0.4, 0.5) is 14.6 Å². The summed E-state index contributed by atoms with van der Waals surface area (Å²) in [5.41, 5.74) is 0. The first-order chi connectivity index (χ1) is 7.55. The highest BCUT2D eigenvalue weighted by atomic mass is 35.5. The van der Waals surface area contributed by atoms with E-state index in [1.165, 1.54) is 6.20 Å². The van der Waals surface area contributed by atoms with Crippen molar-refractivity contribution < 1.29 is 13.5 Å². The van der Waals surface area contributed by atoms with E-state index in [2.05, 4.69) is 9.97 Å². The monoisotopic (exact) mass is 247 g/mol. The number of alkyl halides is 2. The molecule has 3 rings (SSSR count). The van der Waals surface area contributed by atoms with Crippen LogP contribution in [0.3, 0.4) is 0 Å². The molecule has 0 radical (unpaired) electrons. The van der Waals surface area contributed by atoms with Crippen LogP contribution < -0.4 is 9.64 Å². The fourth-order valence-corrected chi connectivity index (χ4v) is 2.26. The van der Waals surface area contributed by atoms with Crippen LogP contribution in [0.25, 0.3) is 0 Å². The molecule has 0 amide bonds. The van der Waals surface area contributed by atoms with E-state index in [9.17, 15) is 8.78 Å². The minimum absolute atomic E-state index is 0.0400. The Morgan fingerprint density at radius 2 is 2.38 bits per heavy atom. The number of hydrogen-bond donors (Lipinski definition) is 0. The van der Waals surface area contributed by atoms with Crippen LogP contribution in [0.1, 0.15) is 6.42 Å². The van der Waals surface area contributed by atoms with E-state index in [0.717, 1.165) is 0 Å². The fourth-order valence-electron chi connectivity index (χ4n) is 2.13. The van der Waals surface area contributed by atoms with E-state index in [0.29, 0.717) is 11.6 Å². The summed E-state index contributed by atoms with van der Waals surface area (Å²) in [5, 5.41) is 0.0400. The van der Waals surface area contributed by atoms with Crippen LogP contribution >= 0.6 is 11.6 Å². The van der Waals surface area contributed by atoms with Crippen molar-refractivity contribution in [3.63, 3.8) is 0 Å². The molecule has 2 aliphatic heterocycles. The lowest BCUT2D eigenvalue weighted by molar-refractivity contribution is 0.0211. The van der Waals surface area contributed by atoms with Gasteiger partial charge in [0.25, 0.3) is 5.92 Å². The van der Waals surface area contributed by atoms with Gasteiger partial charge in [-0.25, -0.2) is 13.8 Å². The lowest BCUT2D eigenvalue weighted by Gasteiger charge is -2.31. The molecule has 0 aromatic carbocycles. The largest absolute Gasteiger partial charge is 0.486 e. The summed E-state index contributed by atoms with van der Waals surface area (Å²) in [6.45, 7) is -0.0883. The van der Waals surface area contributed by atoms with E-state index in [-0.39, 0.29) is 30.9 Å². The summed E-state index contributed by atoms with van der Waals surface area (Å²) in [4.78, 5) is 9.25. The highest BCUT2D eigenvalue weighted by Crippen LogP contribution is 2.41. The van der Waals surface area contributed by atoms with Crippen molar-refractivity contribution in [2.45, 2.75) is 18.4 Å². The Balaban J connectivity index is 2.02. The summed E-state index contributed by atoms with van der Waals surface area (Å²) in [5.74, 6) is -1.90. The number of halogens is 3. The second-order valence-corrected chi connectivity index (χ2v) is 4.32. The van der Waals surface area contributed by atoms with Crippen molar-refractivity contribution in [3.8, 4) is 5.75 Å². The molecule has 86 valence electrons. The molecule has 3 heterocycles. The average Bonchev–Trinajstić information content (AvgIpc) is 2.52. The standard InChI is InChI=1S/C9H8ClF2N3O/c10-8-13-2-6-7(14-8)15-4-9(11,12)1-5(15)3-16-6/h2,5H,1,3-4H2. The molecule has 1 unspecified atom stereocenters. The molecular weight excluding hydrogens is 240 g/mol. The highest BCUT2D eigenvalue weighted by molar-refractivity contribution is 6.28.